The van der Waals surface area contributed by atoms with Crippen LogP contribution in [0.25, 0.3) is 17.3 Å². The minimum atomic E-state index is -0.648. The molecule has 0 fully saturated rings. The summed E-state index contributed by atoms with van der Waals surface area (Å²) >= 11 is 1.29. The number of ether oxygens (including phenoxy) is 1. The number of esters is 1. The normalized spacial score (nSPS) is 15.4. The number of hydrogen-bond acceptors (Lipinski definition) is 7. The maximum atomic E-state index is 13.8. The molecule has 8 nitrogen and oxygen atoms in total. The van der Waals surface area contributed by atoms with Crippen molar-refractivity contribution in [3.8, 4) is 11.3 Å². The molecule has 5 rings (SSSR count). The standard InChI is InChI=1S/C27H25N5O3S/c1-16-22(26(34)35-4)24(18-10-12-20(13-11-18)31(2)3)32-25(33)21(36-27(32)29-16)14-19-15-28-30-23(19)17-8-6-5-7-9-17/h5-15,24H,1-4H3,(H,28,30)/b21-14+/t24-/m0/s1. The maximum absolute atomic E-state index is 13.8. The summed E-state index contributed by atoms with van der Waals surface area (Å²) in [7, 11) is 5.26. The zero-order valence-corrected chi connectivity index (χ0v) is 21.2. The monoisotopic (exact) mass is 499 g/mol. The fraction of sp³-hybridized carbons (Fsp3) is 0.185. The minimum absolute atomic E-state index is 0.227. The number of thiazole rings is 1. The summed E-state index contributed by atoms with van der Waals surface area (Å²) in [4.78, 5) is 33.8. The Morgan fingerprint density at radius 1 is 1.14 bits per heavy atom. The van der Waals surface area contributed by atoms with Gasteiger partial charge in [-0.15, -0.1) is 0 Å². The summed E-state index contributed by atoms with van der Waals surface area (Å²) in [5, 5.41) is 7.22. The first kappa shape index (κ1) is 23.5. The molecule has 4 aromatic rings. The third kappa shape index (κ3) is 4.07. The molecule has 3 heterocycles. The lowest BCUT2D eigenvalue weighted by Crippen LogP contribution is -2.39. The van der Waals surface area contributed by atoms with Crippen molar-refractivity contribution in [2.75, 3.05) is 26.1 Å². The summed E-state index contributed by atoms with van der Waals surface area (Å²) in [6.45, 7) is 1.77. The predicted octanol–water partition coefficient (Wildman–Crippen LogP) is 2.86. The summed E-state index contributed by atoms with van der Waals surface area (Å²) in [6.07, 6.45) is 3.52. The minimum Gasteiger partial charge on any atom is -0.466 e. The number of allylic oxidation sites excluding steroid dienone is 1. The Kier molecular flexibility index (Phi) is 6.15. The quantitative estimate of drug-likeness (QED) is 0.427. The van der Waals surface area contributed by atoms with Crippen LogP contribution in [0.15, 0.2) is 81.9 Å². The lowest BCUT2D eigenvalue weighted by Gasteiger charge is -2.25. The van der Waals surface area contributed by atoms with Crippen LogP contribution in [0.4, 0.5) is 5.69 Å². The smallest absolute Gasteiger partial charge is 0.338 e. The summed E-state index contributed by atoms with van der Waals surface area (Å²) in [5.74, 6) is -0.506. The van der Waals surface area contributed by atoms with Gasteiger partial charge in [0.25, 0.3) is 5.56 Å². The van der Waals surface area contributed by atoms with E-state index in [4.69, 9.17) is 4.74 Å². The van der Waals surface area contributed by atoms with Crippen LogP contribution in [0.2, 0.25) is 0 Å². The molecule has 0 aliphatic carbocycles. The largest absolute Gasteiger partial charge is 0.466 e. The van der Waals surface area contributed by atoms with Crippen LogP contribution in [-0.2, 0) is 9.53 Å². The van der Waals surface area contributed by atoms with Gasteiger partial charge in [0.05, 0.1) is 40.8 Å². The van der Waals surface area contributed by atoms with Crippen molar-refractivity contribution in [1.29, 1.82) is 0 Å². The number of aromatic amines is 1. The van der Waals surface area contributed by atoms with E-state index in [0.717, 1.165) is 28.1 Å². The molecule has 1 aliphatic heterocycles. The number of methoxy groups -OCH3 is 1. The SMILES string of the molecule is COC(=O)C1=C(C)N=c2s/c(=C/c3cn[nH]c3-c3ccccc3)c(=O)n2[C@H]1c1ccc(N(C)C)cc1. The van der Waals surface area contributed by atoms with Crippen LogP contribution in [0.1, 0.15) is 24.1 Å². The maximum Gasteiger partial charge on any atom is 0.338 e. The van der Waals surface area contributed by atoms with Gasteiger partial charge in [-0.1, -0.05) is 53.8 Å². The number of nitrogens with one attached hydrogen (secondary N) is 1. The van der Waals surface area contributed by atoms with Crippen molar-refractivity contribution in [2.45, 2.75) is 13.0 Å². The van der Waals surface area contributed by atoms with E-state index < -0.39 is 12.0 Å². The van der Waals surface area contributed by atoms with Crippen LogP contribution in [0.3, 0.4) is 0 Å². The van der Waals surface area contributed by atoms with Gasteiger partial charge in [-0.05, 0) is 30.7 Å². The molecule has 1 N–H and O–H groups in total. The molecule has 36 heavy (non-hydrogen) atoms. The second-order valence-electron chi connectivity index (χ2n) is 8.63. The number of hydrogen-bond donors (Lipinski definition) is 1. The topological polar surface area (TPSA) is 92.6 Å². The van der Waals surface area contributed by atoms with Gasteiger partial charge in [-0.2, -0.15) is 5.10 Å². The van der Waals surface area contributed by atoms with Gasteiger partial charge in [0.1, 0.15) is 0 Å². The Bertz CT molecular complexity index is 1640. The van der Waals surface area contributed by atoms with E-state index in [0.29, 0.717) is 20.6 Å². The molecule has 0 amide bonds. The molecule has 182 valence electrons. The number of carbonyl (C=O) groups is 1. The molecule has 0 saturated heterocycles. The lowest BCUT2D eigenvalue weighted by molar-refractivity contribution is -0.136. The fourth-order valence-corrected chi connectivity index (χ4v) is 5.38. The van der Waals surface area contributed by atoms with Crippen molar-refractivity contribution >= 4 is 29.1 Å². The van der Waals surface area contributed by atoms with E-state index in [1.165, 1.54) is 18.4 Å². The first-order valence-corrected chi connectivity index (χ1v) is 12.2. The Morgan fingerprint density at radius 3 is 2.53 bits per heavy atom. The number of benzene rings is 2. The average molecular weight is 500 g/mol. The van der Waals surface area contributed by atoms with Gasteiger partial charge in [-0.3, -0.25) is 14.5 Å². The molecule has 0 bridgehead atoms. The van der Waals surface area contributed by atoms with E-state index in [1.54, 1.807) is 17.7 Å². The van der Waals surface area contributed by atoms with Crippen molar-refractivity contribution in [3.63, 3.8) is 0 Å². The molecule has 0 radical (unpaired) electrons. The molecule has 9 heteroatoms. The Morgan fingerprint density at radius 2 is 1.86 bits per heavy atom. The summed E-state index contributed by atoms with van der Waals surface area (Å²) < 4.78 is 7.18. The van der Waals surface area contributed by atoms with E-state index >= 15 is 0 Å². The highest BCUT2D eigenvalue weighted by Crippen LogP contribution is 2.31. The van der Waals surface area contributed by atoms with E-state index in [9.17, 15) is 9.59 Å². The number of anilines is 1. The van der Waals surface area contributed by atoms with Crippen LogP contribution >= 0.6 is 11.3 Å². The predicted molar refractivity (Wildman–Crippen MR) is 141 cm³/mol. The zero-order valence-electron chi connectivity index (χ0n) is 20.4. The van der Waals surface area contributed by atoms with E-state index in [1.807, 2.05) is 79.7 Å². The number of aromatic nitrogens is 3. The lowest BCUT2D eigenvalue weighted by atomic mass is 9.95. The van der Waals surface area contributed by atoms with Gasteiger partial charge < -0.3 is 9.64 Å². The summed E-state index contributed by atoms with van der Waals surface area (Å²) in [5.41, 5.74) is 5.06. The van der Waals surface area contributed by atoms with Gasteiger partial charge >= 0.3 is 5.97 Å². The molecular weight excluding hydrogens is 474 g/mol. The van der Waals surface area contributed by atoms with Gasteiger partial charge in [0.2, 0.25) is 0 Å². The molecule has 0 unspecified atom stereocenters. The number of carbonyl (C=O) groups excluding carboxylic acids is 1. The third-order valence-corrected chi connectivity index (χ3v) is 7.15. The van der Waals surface area contributed by atoms with Crippen molar-refractivity contribution < 1.29 is 9.53 Å². The Hall–Kier alpha value is -4.24. The van der Waals surface area contributed by atoms with Crippen LogP contribution < -0.4 is 19.8 Å². The molecule has 0 saturated carbocycles. The molecular formula is C27H25N5O3S. The average Bonchev–Trinajstić information content (AvgIpc) is 3.47. The highest BCUT2D eigenvalue weighted by Gasteiger charge is 2.33. The third-order valence-electron chi connectivity index (χ3n) is 6.17. The number of rotatable bonds is 5. The van der Waals surface area contributed by atoms with Crippen LogP contribution in [-0.4, -0.2) is 41.9 Å². The van der Waals surface area contributed by atoms with Crippen molar-refractivity contribution in [3.05, 3.63) is 103 Å². The summed E-state index contributed by atoms with van der Waals surface area (Å²) in [6, 6.07) is 17.0. The molecule has 2 aromatic carbocycles. The molecule has 1 atom stereocenters. The Labute approximate surface area is 211 Å². The highest BCUT2D eigenvalue weighted by molar-refractivity contribution is 7.07. The van der Waals surface area contributed by atoms with Gasteiger partial charge in [0, 0.05) is 30.9 Å². The first-order valence-electron chi connectivity index (χ1n) is 11.4. The van der Waals surface area contributed by atoms with Crippen LogP contribution in [0.5, 0.6) is 0 Å². The molecule has 1 aliphatic rings. The van der Waals surface area contributed by atoms with Crippen molar-refractivity contribution in [1.82, 2.24) is 14.8 Å². The highest BCUT2D eigenvalue weighted by atomic mass is 32.1. The zero-order chi connectivity index (χ0) is 25.4. The second-order valence-corrected chi connectivity index (χ2v) is 9.63. The van der Waals surface area contributed by atoms with E-state index in [-0.39, 0.29) is 5.56 Å². The number of H-pyrrole nitrogens is 1. The second kappa shape index (κ2) is 9.43. The molecule has 2 aromatic heterocycles. The molecule has 0 spiro atoms. The number of fused-ring (bicyclic) bond motifs is 1. The first-order chi connectivity index (χ1) is 17.4. The van der Waals surface area contributed by atoms with Crippen LogP contribution in [0, 0.1) is 0 Å². The van der Waals surface area contributed by atoms with Gasteiger partial charge in [-0.25, -0.2) is 9.79 Å². The number of nitrogens with zero attached hydrogens (tertiary/aromatic N) is 4. The van der Waals surface area contributed by atoms with E-state index in [2.05, 4.69) is 15.2 Å². The Balaban J connectivity index is 1.69. The fourth-order valence-electron chi connectivity index (χ4n) is 4.34. The van der Waals surface area contributed by atoms with Crippen molar-refractivity contribution in [2.24, 2.45) is 4.99 Å². The van der Waals surface area contributed by atoms with Gasteiger partial charge in [0.15, 0.2) is 4.80 Å².